The number of carbonyl (C=O) groups excluding carboxylic acids is 4. The van der Waals surface area contributed by atoms with Gasteiger partial charge in [0.2, 0.25) is 11.8 Å². The molecule has 0 bridgehead atoms. The maximum Gasteiger partial charge on any atom is 0.261 e. The standard InChI is InChI=1S/C22H25BrN4O4S/c1-13-9-15(5-6-16(13)22(31)26(4)12-20(29)25(2)3)27-11-14(10-19(27)28)24-21(30)17-7-8-18(23)32-17/h5-9,14H,10-12H2,1-4H3,(H,24,30). The summed E-state index contributed by atoms with van der Waals surface area (Å²) in [6, 6.07) is 8.44. The van der Waals surface area contributed by atoms with Crippen molar-refractivity contribution in [3.8, 4) is 0 Å². The Morgan fingerprint density at radius 3 is 2.50 bits per heavy atom. The molecule has 0 aliphatic carbocycles. The molecule has 2 aromatic rings. The van der Waals surface area contributed by atoms with Crippen molar-refractivity contribution in [1.82, 2.24) is 15.1 Å². The lowest BCUT2D eigenvalue weighted by Gasteiger charge is -2.22. The zero-order valence-corrected chi connectivity index (χ0v) is 20.7. The van der Waals surface area contributed by atoms with Crippen LogP contribution < -0.4 is 10.2 Å². The quantitative estimate of drug-likeness (QED) is 0.633. The topological polar surface area (TPSA) is 90.0 Å². The number of aryl methyl sites for hydroxylation is 1. The van der Waals surface area contributed by atoms with Gasteiger partial charge >= 0.3 is 0 Å². The van der Waals surface area contributed by atoms with Crippen LogP contribution in [0.2, 0.25) is 0 Å². The molecule has 0 spiro atoms. The Morgan fingerprint density at radius 2 is 1.91 bits per heavy atom. The average molecular weight is 521 g/mol. The third-order valence-corrected chi connectivity index (χ3v) is 6.85. The van der Waals surface area contributed by atoms with Gasteiger partial charge < -0.3 is 20.0 Å². The van der Waals surface area contributed by atoms with E-state index in [-0.39, 0.29) is 42.6 Å². The molecule has 1 unspecified atom stereocenters. The van der Waals surface area contributed by atoms with Crippen LogP contribution in [0.3, 0.4) is 0 Å². The van der Waals surface area contributed by atoms with Crippen LogP contribution in [0.4, 0.5) is 5.69 Å². The van der Waals surface area contributed by atoms with Crippen molar-refractivity contribution in [3.05, 3.63) is 50.1 Å². The Morgan fingerprint density at radius 1 is 1.19 bits per heavy atom. The fourth-order valence-electron chi connectivity index (χ4n) is 3.42. The minimum atomic E-state index is -0.291. The van der Waals surface area contributed by atoms with E-state index in [2.05, 4.69) is 21.2 Å². The summed E-state index contributed by atoms with van der Waals surface area (Å²) in [6.07, 6.45) is 0.216. The molecule has 1 N–H and O–H groups in total. The third kappa shape index (κ3) is 5.36. The smallest absolute Gasteiger partial charge is 0.261 e. The SMILES string of the molecule is Cc1cc(N2CC(NC(=O)c3ccc(Br)s3)CC2=O)ccc1C(=O)N(C)CC(=O)N(C)C. The first-order chi connectivity index (χ1) is 15.1. The highest BCUT2D eigenvalue weighted by Crippen LogP contribution is 2.26. The van der Waals surface area contributed by atoms with E-state index in [1.807, 2.05) is 6.07 Å². The van der Waals surface area contributed by atoms with Crippen molar-refractivity contribution < 1.29 is 19.2 Å². The number of rotatable bonds is 6. The molecule has 0 saturated carbocycles. The van der Waals surface area contributed by atoms with Gasteiger partial charge in [0.05, 0.1) is 21.3 Å². The Labute approximate surface area is 199 Å². The highest BCUT2D eigenvalue weighted by molar-refractivity contribution is 9.11. The second kappa shape index (κ2) is 9.83. The van der Waals surface area contributed by atoms with Crippen LogP contribution in [0.15, 0.2) is 34.1 Å². The number of thiophene rings is 1. The molecule has 3 rings (SSSR count). The molecule has 1 aromatic carbocycles. The molecule has 10 heteroatoms. The minimum absolute atomic E-state index is 0.0141. The molecule has 170 valence electrons. The molecule has 1 aliphatic heterocycles. The van der Waals surface area contributed by atoms with E-state index >= 15 is 0 Å². The molecular formula is C22H25BrN4O4S. The average Bonchev–Trinajstić information content (AvgIpc) is 3.32. The molecule has 2 heterocycles. The number of hydrogen-bond donors (Lipinski definition) is 1. The largest absolute Gasteiger partial charge is 0.347 e. The van der Waals surface area contributed by atoms with Crippen molar-refractivity contribution in [3.63, 3.8) is 0 Å². The van der Waals surface area contributed by atoms with Crippen LogP contribution in [0.5, 0.6) is 0 Å². The van der Waals surface area contributed by atoms with E-state index in [4.69, 9.17) is 0 Å². The van der Waals surface area contributed by atoms with Gasteiger partial charge in [0.15, 0.2) is 0 Å². The van der Waals surface area contributed by atoms with Gasteiger partial charge in [0.25, 0.3) is 11.8 Å². The lowest BCUT2D eigenvalue weighted by molar-refractivity contribution is -0.129. The number of benzene rings is 1. The number of hydrogen-bond acceptors (Lipinski definition) is 5. The first kappa shape index (κ1) is 23.9. The summed E-state index contributed by atoms with van der Waals surface area (Å²) < 4.78 is 0.869. The lowest BCUT2D eigenvalue weighted by Crippen LogP contribution is -2.38. The Balaban J connectivity index is 1.67. The van der Waals surface area contributed by atoms with Crippen LogP contribution in [0, 0.1) is 6.92 Å². The van der Waals surface area contributed by atoms with E-state index in [0.717, 1.165) is 3.79 Å². The molecule has 0 radical (unpaired) electrons. The number of anilines is 1. The summed E-state index contributed by atoms with van der Waals surface area (Å²) >= 11 is 4.68. The fourth-order valence-corrected chi connectivity index (χ4v) is 4.71. The second-order valence-corrected chi connectivity index (χ2v) is 10.4. The number of carbonyl (C=O) groups is 4. The summed E-state index contributed by atoms with van der Waals surface area (Å²) in [7, 11) is 4.87. The lowest BCUT2D eigenvalue weighted by atomic mass is 10.1. The van der Waals surface area contributed by atoms with E-state index in [1.165, 1.54) is 21.1 Å². The van der Waals surface area contributed by atoms with Gasteiger partial charge in [-0.05, 0) is 58.7 Å². The summed E-state index contributed by atoms with van der Waals surface area (Å²) in [4.78, 5) is 54.6. The highest BCUT2D eigenvalue weighted by atomic mass is 79.9. The minimum Gasteiger partial charge on any atom is -0.347 e. The van der Waals surface area contributed by atoms with E-state index < -0.39 is 0 Å². The Kier molecular flexibility index (Phi) is 7.35. The molecule has 32 heavy (non-hydrogen) atoms. The van der Waals surface area contributed by atoms with Crippen molar-refractivity contribution >= 4 is 56.6 Å². The number of nitrogens with zero attached hydrogens (tertiary/aromatic N) is 3. The second-order valence-electron chi connectivity index (χ2n) is 7.93. The third-order valence-electron chi connectivity index (χ3n) is 5.23. The highest BCUT2D eigenvalue weighted by Gasteiger charge is 2.32. The van der Waals surface area contributed by atoms with Crippen LogP contribution in [0.25, 0.3) is 0 Å². The van der Waals surface area contributed by atoms with E-state index in [0.29, 0.717) is 28.2 Å². The molecule has 1 fully saturated rings. The molecule has 8 nitrogen and oxygen atoms in total. The number of amides is 4. The molecule has 4 amide bonds. The molecule has 1 atom stereocenters. The zero-order valence-electron chi connectivity index (χ0n) is 18.3. The van der Waals surface area contributed by atoms with Crippen LogP contribution in [-0.4, -0.2) is 73.7 Å². The van der Waals surface area contributed by atoms with Crippen LogP contribution >= 0.6 is 27.3 Å². The predicted octanol–water partition coefficient (Wildman–Crippen LogP) is 2.51. The number of likely N-dealkylation sites (N-methyl/N-ethyl adjacent to an activating group) is 2. The molecule has 1 aromatic heterocycles. The van der Waals surface area contributed by atoms with Gasteiger partial charge in [-0.1, -0.05) is 0 Å². The molecule has 1 saturated heterocycles. The normalized spacial score (nSPS) is 15.6. The van der Waals surface area contributed by atoms with Crippen molar-refractivity contribution in [2.75, 3.05) is 39.1 Å². The number of halogens is 1. The van der Waals surface area contributed by atoms with Gasteiger partial charge in [-0.15, -0.1) is 11.3 Å². The van der Waals surface area contributed by atoms with Crippen molar-refractivity contribution in [2.24, 2.45) is 0 Å². The monoisotopic (exact) mass is 520 g/mol. The zero-order chi connectivity index (χ0) is 23.6. The fraction of sp³-hybridized carbons (Fsp3) is 0.364. The number of nitrogens with one attached hydrogen (secondary N) is 1. The Bertz CT molecular complexity index is 1070. The van der Waals surface area contributed by atoms with Gasteiger partial charge in [-0.2, -0.15) is 0 Å². The summed E-state index contributed by atoms with van der Waals surface area (Å²) in [5.74, 6) is -0.715. The van der Waals surface area contributed by atoms with Crippen molar-refractivity contribution in [2.45, 2.75) is 19.4 Å². The molecular weight excluding hydrogens is 496 g/mol. The van der Waals surface area contributed by atoms with Crippen LogP contribution in [-0.2, 0) is 9.59 Å². The van der Waals surface area contributed by atoms with Gasteiger partial charge in [0.1, 0.15) is 0 Å². The van der Waals surface area contributed by atoms with Gasteiger partial charge in [0, 0.05) is 45.4 Å². The first-order valence-electron chi connectivity index (χ1n) is 9.99. The van der Waals surface area contributed by atoms with E-state index in [1.54, 1.807) is 57.2 Å². The predicted molar refractivity (Wildman–Crippen MR) is 127 cm³/mol. The first-order valence-corrected chi connectivity index (χ1v) is 11.6. The van der Waals surface area contributed by atoms with Crippen LogP contribution in [0.1, 0.15) is 32.0 Å². The van der Waals surface area contributed by atoms with Gasteiger partial charge in [-0.3, -0.25) is 19.2 Å². The van der Waals surface area contributed by atoms with Gasteiger partial charge in [-0.25, -0.2) is 0 Å². The summed E-state index contributed by atoms with van der Waals surface area (Å²) in [5.41, 5.74) is 1.86. The van der Waals surface area contributed by atoms with E-state index in [9.17, 15) is 19.2 Å². The molecule has 1 aliphatic rings. The summed E-state index contributed by atoms with van der Waals surface area (Å²) in [5, 5.41) is 2.92. The maximum absolute atomic E-state index is 12.8. The maximum atomic E-state index is 12.8. The Hall–Kier alpha value is -2.72. The summed E-state index contributed by atoms with van der Waals surface area (Å²) in [6.45, 7) is 2.15. The van der Waals surface area contributed by atoms with Crippen molar-refractivity contribution in [1.29, 1.82) is 0 Å².